The largest absolute Gasteiger partial charge is 0.299 e. The number of carbonyl (C=O) groups excluding carboxylic acids is 1. The third-order valence-electron chi connectivity index (χ3n) is 2.47. The number of benzene rings is 1. The molecular formula is C14H18O. The molecule has 1 aromatic carbocycles. The zero-order valence-corrected chi connectivity index (χ0v) is 9.49. The number of ketones is 1. The van der Waals surface area contributed by atoms with Crippen LogP contribution in [-0.4, -0.2) is 5.78 Å². The maximum atomic E-state index is 11.9. The summed E-state index contributed by atoms with van der Waals surface area (Å²) in [6.45, 7) is 7.73. The summed E-state index contributed by atoms with van der Waals surface area (Å²) >= 11 is 0. The Hall–Kier alpha value is -1.37. The van der Waals surface area contributed by atoms with Crippen LogP contribution >= 0.6 is 0 Å². The molecule has 0 saturated heterocycles. The van der Waals surface area contributed by atoms with Gasteiger partial charge in [0.05, 0.1) is 0 Å². The monoisotopic (exact) mass is 202 g/mol. The second kappa shape index (κ2) is 5.50. The van der Waals surface area contributed by atoms with Crippen molar-refractivity contribution >= 4 is 5.78 Å². The van der Waals surface area contributed by atoms with Crippen molar-refractivity contribution in [3.05, 3.63) is 48.0 Å². The van der Waals surface area contributed by atoms with Gasteiger partial charge in [-0.2, -0.15) is 0 Å². The minimum absolute atomic E-state index is 0.0305. The summed E-state index contributed by atoms with van der Waals surface area (Å²) in [5.41, 5.74) is 2.06. The molecule has 0 aromatic heterocycles. The van der Waals surface area contributed by atoms with Crippen molar-refractivity contribution in [2.24, 2.45) is 0 Å². The minimum Gasteiger partial charge on any atom is -0.299 e. The molecule has 1 atom stereocenters. The molecule has 0 saturated carbocycles. The first-order valence-corrected chi connectivity index (χ1v) is 5.37. The van der Waals surface area contributed by atoms with Gasteiger partial charge in [0.25, 0.3) is 0 Å². The van der Waals surface area contributed by atoms with Crippen molar-refractivity contribution in [2.75, 3.05) is 0 Å². The highest BCUT2D eigenvalue weighted by Crippen LogP contribution is 2.22. The summed E-state index contributed by atoms with van der Waals surface area (Å²) in [6, 6.07) is 9.96. The fourth-order valence-corrected chi connectivity index (χ4v) is 1.76. The molecule has 0 fully saturated rings. The average molecular weight is 202 g/mol. The molecule has 1 rings (SSSR count). The van der Waals surface area contributed by atoms with Gasteiger partial charge in [0.2, 0.25) is 0 Å². The SMILES string of the molecule is C=C(C)CC(=O)C(CC)c1ccccc1. The lowest BCUT2D eigenvalue weighted by Gasteiger charge is -2.13. The molecule has 1 aromatic rings. The standard InChI is InChI=1S/C14H18O/c1-4-13(14(15)10-11(2)3)12-8-6-5-7-9-12/h5-9,13H,2,4,10H2,1,3H3. The minimum atomic E-state index is 0.0305. The molecule has 0 bridgehead atoms. The molecular weight excluding hydrogens is 184 g/mol. The lowest BCUT2D eigenvalue weighted by molar-refractivity contribution is -0.119. The van der Waals surface area contributed by atoms with Gasteiger partial charge < -0.3 is 0 Å². The molecule has 15 heavy (non-hydrogen) atoms. The van der Waals surface area contributed by atoms with Crippen LogP contribution in [0.3, 0.4) is 0 Å². The molecule has 0 spiro atoms. The van der Waals surface area contributed by atoms with Crippen molar-refractivity contribution in [1.82, 2.24) is 0 Å². The topological polar surface area (TPSA) is 17.1 Å². The maximum absolute atomic E-state index is 11.9. The average Bonchev–Trinajstić information content (AvgIpc) is 2.19. The Morgan fingerprint density at radius 2 is 1.93 bits per heavy atom. The van der Waals surface area contributed by atoms with Gasteiger partial charge in [-0.1, -0.05) is 49.4 Å². The van der Waals surface area contributed by atoms with E-state index in [0.717, 1.165) is 17.6 Å². The van der Waals surface area contributed by atoms with Gasteiger partial charge in [0.15, 0.2) is 0 Å². The first-order valence-electron chi connectivity index (χ1n) is 5.37. The third-order valence-corrected chi connectivity index (χ3v) is 2.47. The van der Waals surface area contributed by atoms with Gasteiger partial charge in [0, 0.05) is 12.3 Å². The van der Waals surface area contributed by atoms with E-state index < -0.39 is 0 Å². The van der Waals surface area contributed by atoms with Crippen molar-refractivity contribution in [3.63, 3.8) is 0 Å². The Morgan fingerprint density at radius 3 is 2.40 bits per heavy atom. The predicted octanol–water partition coefficient (Wildman–Crippen LogP) is 3.72. The van der Waals surface area contributed by atoms with E-state index in [0.29, 0.717) is 6.42 Å². The van der Waals surface area contributed by atoms with Crippen LogP contribution in [0.1, 0.15) is 38.2 Å². The number of carbonyl (C=O) groups is 1. The molecule has 0 N–H and O–H groups in total. The van der Waals surface area contributed by atoms with Crippen LogP contribution in [0.2, 0.25) is 0 Å². The Morgan fingerprint density at radius 1 is 1.33 bits per heavy atom. The molecule has 0 aliphatic heterocycles. The fourth-order valence-electron chi connectivity index (χ4n) is 1.76. The van der Waals surface area contributed by atoms with Crippen molar-refractivity contribution in [3.8, 4) is 0 Å². The summed E-state index contributed by atoms with van der Waals surface area (Å²) in [4.78, 5) is 11.9. The highest BCUT2D eigenvalue weighted by Gasteiger charge is 2.17. The number of hydrogen-bond donors (Lipinski definition) is 0. The Bertz CT molecular complexity index is 338. The fraction of sp³-hybridized carbons (Fsp3) is 0.357. The van der Waals surface area contributed by atoms with Crippen LogP contribution in [-0.2, 0) is 4.79 Å². The van der Waals surface area contributed by atoms with Crippen molar-refractivity contribution in [2.45, 2.75) is 32.6 Å². The molecule has 1 nitrogen and oxygen atoms in total. The van der Waals surface area contributed by atoms with Gasteiger partial charge in [0.1, 0.15) is 5.78 Å². The molecule has 1 heteroatoms. The summed E-state index contributed by atoms with van der Waals surface area (Å²) in [6.07, 6.45) is 1.35. The molecule has 80 valence electrons. The van der Waals surface area contributed by atoms with Gasteiger partial charge in [-0.3, -0.25) is 4.79 Å². The second-order valence-corrected chi connectivity index (χ2v) is 3.97. The summed E-state index contributed by atoms with van der Waals surface area (Å²) in [5.74, 6) is 0.305. The Balaban J connectivity index is 2.80. The van der Waals surface area contributed by atoms with Crippen LogP contribution < -0.4 is 0 Å². The second-order valence-electron chi connectivity index (χ2n) is 3.97. The summed E-state index contributed by atoms with van der Waals surface area (Å²) in [5, 5.41) is 0. The number of allylic oxidation sites excluding steroid dienone is 1. The molecule has 0 aliphatic carbocycles. The van der Waals surface area contributed by atoms with Gasteiger partial charge in [-0.05, 0) is 18.9 Å². The van der Waals surface area contributed by atoms with Crippen LogP contribution in [0.25, 0.3) is 0 Å². The highest BCUT2D eigenvalue weighted by atomic mass is 16.1. The number of rotatable bonds is 5. The van der Waals surface area contributed by atoms with E-state index in [9.17, 15) is 4.79 Å². The smallest absolute Gasteiger partial charge is 0.144 e. The zero-order valence-electron chi connectivity index (χ0n) is 9.49. The first-order chi connectivity index (χ1) is 7.15. The lowest BCUT2D eigenvalue weighted by Crippen LogP contribution is -2.11. The summed E-state index contributed by atoms with van der Waals surface area (Å²) in [7, 11) is 0. The normalized spacial score (nSPS) is 12.1. The molecule has 0 amide bonds. The van der Waals surface area contributed by atoms with Crippen molar-refractivity contribution < 1.29 is 4.79 Å². The Labute approximate surface area is 91.8 Å². The molecule has 1 unspecified atom stereocenters. The van der Waals surface area contributed by atoms with Crippen molar-refractivity contribution in [1.29, 1.82) is 0 Å². The van der Waals surface area contributed by atoms with E-state index in [2.05, 4.69) is 6.58 Å². The third kappa shape index (κ3) is 3.35. The molecule has 0 heterocycles. The van der Waals surface area contributed by atoms with E-state index in [1.807, 2.05) is 44.2 Å². The predicted molar refractivity (Wildman–Crippen MR) is 63.9 cm³/mol. The quantitative estimate of drug-likeness (QED) is 0.665. The number of Topliss-reactive ketones (excluding diaryl/α,β-unsaturated/α-hetero) is 1. The Kier molecular flexibility index (Phi) is 4.29. The van der Waals surface area contributed by atoms with Crippen LogP contribution in [0.15, 0.2) is 42.5 Å². The zero-order chi connectivity index (χ0) is 11.3. The van der Waals surface area contributed by atoms with Crippen LogP contribution in [0, 0.1) is 0 Å². The summed E-state index contributed by atoms with van der Waals surface area (Å²) < 4.78 is 0. The van der Waals surface area contributed by atoms with Gasteiger partial charge in [-0.25, -0.2) is 0 Å². The molecule has 0 radical (unpaired) electrons. The van der Waals surface area contributed by atoms with Gasteiger partial charge in [-0.15, -0.1) is 0 Å². The van der Waals surface area contributed by atoms with E-state index in [-0.39, 0.29) is 11.7 Å². The lowest BCUT2D eigenvalue weighted by atomic mass is 9.89. The van der Waals surface area contributed by atoms with E-state index in [1.54, 1.807) is 0 Å². The maximum Gasteiger partial charge on any atom is 0.144 e. The van der Waals surface area contributed by atoms with E-state index in [1.165, 1.54) is 0 Å². The van der Waals surface area contributed by atoms with E-state index in [4.69, 9.17) is 0 Å². The van der Waals surface area contributed by atoms with Gasteiger partial charge >= 0.3 is 0 Å². The number of hydrogen-bond acceptors (Lipinski definition) is 1. The van der Waals surface area contributed by atoms with Crippen LogP contribution in [0.4, 0.5) is 0 Å². The highest BCUT2D eigenvalue weighted by molar-refractivity contribution is 5.87. The first kappa shape index (κ1) is 11.7. The molecule has 0 aliphatic rings. The van der Waals surface area contributed by atoms with Crippen LogP contribution in [0.5, 0.6) is 0 Å². The van der Waals surface area contributed by atoms with E-state index >= 15 is 0 Å².